The van der Waals surface area contributed by atoms with Gasteiger partial charge in [0.25, 0.3) is 5.91 Å². The Morgan fingerprint density at radius 3 is 2.95 bits per heavy atom. The molecule has 1 aromatic heterocycles. The Bertz CT molecular complexity index is 710. The van der Waals surface area contributed by atoms with Crippen molar-refractivity contribution in [3.8, 4) is 17.6 Å². The Balaban J connectivity index is 2.29. The molecule has 0 saturated carbocycles. The van der Waals surface area contributed by atoms with Gasteiger partial charge in [-0.25, -0.2) is 0 Å². The van der Waals surface area contributed by atoms with Gasteiger partial charge in [0.1, 0.15) is 12.4 Å². The summed E-state index contributed by atoms with van der Waals surface area (Å²) in [6, 6.07) is 5.15. The van der Waals surface area contributed by atoms with Crippen LogP contribution in [0.1, 0.15) is 21.6 Å². The molecule has 1 aromatic carbocycles. The van der Waals surface area contributed by atoms with Gasteiger partial charge in [-0.2, -0.15) is 5.10 Å². The minimum atomic E-state index is -0.285. The van der Waals surface area contributed by atoms with E-state index in [2.05, 4.69) is 27.4 Å². The van der Waals surface area contributed by atoms with Crippen molar-refractivity contribution in [3.63, 3.8) is 0 Å². The van der Waals surface area contributed by atoms with Crippen LogP contribution in [0, 0.1) is 18.8 Å². The van der Waals surface area contributed by atoms with Gasteiger partial charge in [-0.15, -0.1) is 0 Å². The number of ether oxygens (including phenoxy) is 1. The first-order chi connectivity index (χ1) is 10.2. The van der Waals surface area contributed by atoms with E-state index in [0.717, 1.165) is 0 Å². The topological polar surface area (TPSA) is 87.2 Å². The van der Waals surface area contributed by atoms with E-state index in [-0.39, 0.29) is 12.5 Å². The minimum Gasteiger partial charge on any atom is -0.495 e. The van der Waals surface area contributed by atoms with Crippen molar-refractivity contribution < 1.29 is 14.6 Å². The zero-order valence-electron chi connectivity index (χ0n) is 11.7. The van der Waals surface area contributed by atoms with Crippen molar-refractivity contribution in [2.45, 2.75) is 6.92 Å². The van der Waals surface area contributed by atoms with Gasteiger partial charge in [-0.3, -0.25) is 9.89 Å². The molecule has 6 heteroatoms. The third kappa shape index (κ3) is 3.41. The van der Waals surface area contributed by atoms with Crippen molar-refractivity contribution in [1.29, 1.82) is 0 Å². The smallest absolute Gasteiger partial charge is 0.259 e. The summed E-state index contributed by atoms with van der Waals surface area (Å²) in [6.45, 7) is 1.55. The van der Waals surface area contributed by atoms with E-state index in [4.69, 9.17) is 9.84 Å². The largest absolute Gasteiger partial charge is 0.495 e. The molecule has 0 spiro atoms. The van der Waals surface area contributed by atoms with Crippen molar-refractivity contribution in [1.82, 2.24) is 10.2 Å². The maximum Gasteiger partial charge on any atom is 0.259 e. The number of rotatable bonds is 3. The summed E-state index contributed by atoms with van der Waals surface area (Å²) in [5.74, 6) is 5.58. The van der Waals surface area contributed by atoms with E-state index in [1.165, 1.54) is 13.3 Å². The van der Waals surface area contributed by atoms with Crippen molar-refractivity contribution in [2.75, 3.05) is 19.0 Å². The number of hydrogen-bond acceptors (Lipinski definition) is 4. The first kappa shape index (κ1) is 14.6. The first-order valence-corrected chi connectivity index (χ1v) is 6.24. The molecule has 108 valence electrons. The fraction of sp³-hybridized carbons (Fsp3) is 0.200. The highest BCUT2D eigenvalue weighted by atomic mass is 16.5. The molecule has 0 aliphatic carbocycles. The van der Waals surface area contributed by atoms with Gasteiger partial charge in [0.05, 0.1) is 24.6 Å². The average Bonchev–Trinajstić information content (AvgIpc) is 2.91. The molecule has 0 bridgehead atoms. The van der Waals surface area contributed by atoms with Gasteiger partial charge in [-0.1, -0.05) is 11.8 Å². The number of anilines is 1. The number of methoxy groups -OCH3 is 1. The SMILES string of the molecule is COc1ccc(C#CCO)cc1NC(=O)c1cn[nH]c1C. The number of aromatic amines is 1. The Morgan fingerprint density at radius 1 is 1.52 bits per heavy atom. The van der Waals surface area contributed by atoms with Crippen molar-refractivity contribution >= 4 is 11.6 Å². The van der Waals surface area contributed by atoms with Crippen LogP contribution in [0.2, 0.25) is 0 Å². The molecular formula is C15H15N3O3. The second-order valence-corrected chi connectivity index (χ2v) is 4.24. The number of H-pyrrole nitrogens is 1. The molecule has 0 fully saturated rings. The third-order valence-electron chi connectivity index (χ3n) is 2.83. The molecule has 0 aliphatic heterocycles. The van der Waals surface area contributed by atoms with Crippen LogP contribution in [0.25, 0.3) is 0 Å². The number of aryl methyl sites for hydroxylation is 1. The maximum atomic E-state index is 12.2. The molecule has 3 N–H and O–H groups in total. The molecule has 0 unspecified atom stereocenters. The summed E-state index contributed by atoms with van der Waals surface area (Å²) in [7, 11) is 1.52. The highest BCUT2D eigenvalue weighted by Gasteiger charge is 2.13. The molecule has 21 heavy (non-hydrogen) atoms. The molecule has 1 amide bonds. The number of amides is 1. The fourth-order valence-corrected chi connectivity index (χ4v) is 1.79. The highest BCUT2D eigenvalue weighted by molar-refractivity contribution is 6.05. The van der Waals surface area contributed by atoms with E-state index in [9.17, 15) is 4.79 Å². The Labute approximate surface area is 122 Å². The lowest BCUT2D eigenvalue weighted by molar-refractivity contribution is 0.102. The average molecular weight is 285 g/mol. The lowest BCUT2D eigenvalue weighted by Gasteiger charge is -2.10. The predicted molar refractivity (Wildman–Crippen MR) is 78.2 cm³/mol. The number of carbonyl (C=O) groups is 1. The number of aliphatic hydroxyl groups is 1. The van der Waals surface area contributed by atoms with Crippen LogP contribution in [-0.2, 0) is 0 Å². The number of carbonyl (C=O) groups excluding carboxylic acids is 1. The van der Waals surface area contributed by atoms with E-state index in [1.54, 1.807) is 25.1 Å². The molecule has 2 rings (SSSR count). The molecule has 2 aromatic rings. The molecular weight excluding hydrogens is 270 g/mol. The number of nitrogens with zero attached hydrogens (tertiary/aromatic N) is 1. The summed E-state index contributed by atoms with van der Waals surface area (Å²) in [6.07, 6.45) is 1.46. The van der Waals surface area contributed by atoms with Gasteiger partial charge >= 0.3 is 0 Å². The van der Waals surface area contributed by atoms with Crippen LogP contribution in [0.5, 0.6) is 5.75 Å². The minimum absolute atomic E-state index is 0.220. The number of nitrogens with one attached hydrogen (secondary N) is 2. The summed E-state index contributed by atoms with van der Waals surface area (Å²) < 4.78 is 5.22. The second kappa shape index (κ2) is 6.59. The standard InChI is InChI=1S/C15H15N3O3/c1-10-12(9-16-18-10)15(20)17-13-8-11(4-3-7-19)5-6-14(13)21-2/h5-6,8-9,19H,7H2,1-2H3,(H,16,18)(H,17,20). The monoisotopic (exact) mass is 285 g/mol. The van der Waals surface area contributed by atoms with Gasteiger partial charge < -0.3 is 15.2 Å². The Kier molecular flexibility index (Phi) is 4.59. The lowest BCUT2D eigenvalue weighted by atomic mass is 10.1. The quantitative estimate of drug-likeness (QED) is 0.742. The number of aliphatic hydroxyl groups excluding tert-OH is 1. The lowest BCUT2D eigenvalue weighted by Crippen LogP contribution is -2.13. The summed E-state index contributed by atoms with van der Waals surface area (Å²) in [4.78, 5) is 12.2. The molecule has 0 radical (unpaired) electrons. The molecule has 0 aliphatic rings. The van der Waals surface area contributed by atoms with Crippen molar-refractivity contribution in [2.24, 2.45) is 0 Å². The zero-order valence-corrected chi connectivity index (χ0v) is 11.7. The third-order valence-corrected chi connectivity index (χ3v) is 2.83. The van der Waals surface area contributed by atoms with E-state index in [1.807, 2.05) is 0 Å². The van der Waals surface area contributed by atoms with Crippen molar-refractivity contribution in [3.05, 3.63) is 41.2 Å². The van der Waals surface area contributed by atoms with Crippen LogP contribution < -0.4 is 10.1 Å². The summed E-state index contributed by atoms with van der Waals surface area (Å²) >= 11 is 0. The molecule has 0 saturated heterocycles. The fourth-order valence-electron chi connectivity index (χ4n) is 1.79. The van der Waals surface area contributed by atoms with E-state index >= 15 is 0 Å². The second-order valence-electron chi connectivity index (χ2n) is 4.24. The van der Waals surface area contributed by atoms with Crippen LogP contribution in [0.3, 0.4) is 0 Å². The number of benzene rings is 1. The van der Waals surface area contributed by atoms with E-state index in [0.29, 0.717) is 28.3 Å². The van der Waals surface area contributed by atoms with Gasteiger partial charge in [0.15, 0.2) is 0 Å². The highest BCUT2D eigenvalue weighted by Crippen LogP contribution is 2.26. The first-order valence-electron chi connectivity index (χ1n) is 6.24. The Morgan fingerprint density at radius 2 is 2.33 bits per heavy atom. The van der Waals surface area contributed by atoms with E-state index < -0.39 is 0 Å². The predicted octanol–water partition coefficient (Wildman–Crippen LogP) is 1.32. The normalized spacial score (nSPS) is 9.67. The van der Waals surface area contributed by atoms with Crippen LogP contribution in [-0.4, -0.2) is 34.9 Å². The molecule has 0 atom stereocenters. The Hall–Kier alpha value is -2.78. The summed E-state index contributed by atoms with van der Waals surface area (Å²) in [5, 5.41) is 18.0. The number of aromatic nitrogens is 2. The van der Waals surface area contributed by atoms with Crippen LogP contribution in [0.4, 0.5) is 5.69 Å². The van der Waals surface area contributed by atoms with Gasteiger partial charge in [-0.05, 0) is 25.1 Å². The maximum absolute atomic E-state index is 12.2. The zero-order chi connectivity index (χ0) is 15.2. The van der Waals surface area contributed by atoms with Crippen LogP contribution >= 0.6 is 0 Å². The van der Waals surface area contributed by atoms with Crippen LogP contribution in [0.15, 0.2) is 24.4 Å². The molecule has 6 nitrogen and oxygen atoms in total. The summed E-state index contributed by atoms with van der Waals surface area (Å²) in [5.41, 5.74) is 2.32. The van der Waals surface area contributed by atoms with Gasteiger partial charge in [0, 0.05) is 11.3 Å². The van der Waals surface area contributed by atoms with Gasteiger partial charge in [0.2, 0.25) is 0 Å². The molecule has 1 heterocycles. The number of hydrogen-bond donors (Lipinski definition) is 3.